The van der Waals surface area contributed by atoms with Crippen molar-refractivity contribution in [2.75, 3.05) is 0 Å². The van der Waals surface area contributed by atoms with Gasteiger partial charge in [-0.25, -0.2) is 8.78 Å². The normalized spacial score (nSPS) is 24.3. The summed E-state index contributed by atoms with van der Waals surface area (Å²) < 4.78 is 26.6. The minimum atomic E-state index is -3.12. The highest BCUT2D eigenvalue weighted by atomic mass is 35.5. The molecule has 8 heteroatoms. The number of aliphatic hydroxyl groups is 1. The van der Waals surface area contributed by atoms with Gasteiger partial charge >= 0.3 is 0 Å². The Morgan fingerprint density at radius 2 is 2.00 bits per heavy atom. The fourth-order valence-corrected chi connectivity index (χ4v) is 3.13. The Morgan fingerprint density at radius 1 is 1.39 bits per heavy atom. The van der Waals surface area contributed by atoms with Gasteiger partial charge in [-0.05, 0) is 36.5 Å². The van der Waals surface area contributed by atoms with Gasteiger partial charge in [-0.3, -0.25) is 4.79 Å². The lowest BCUT2D eigenvalue weighted by Crippen LogP contribution is -2.52. The molecule has 1 N–H and O–H groups in total. The van der Waals surface area contributed by atoms with Gasteiger partial charge in [-0.15, -0.1) is 0 Å². The molecule has 4 nitrogen and oxygen atoms in total. The van der Waals surface area contributed by atoms with Gasteiger partial charge in [-0.1, -0.05) is 29.3 Å². The average molecular weight is 363 g/mol. The van der Waals surface area contributed by atoms with Gasteiger partial charge in [0.25, 0.3) is 6.43 Å². The molecule has 23 heavy (non-hydrogen) atoms. The third-order valence-electron chi connectivity index (χ3n) is 4.06. The number of rotatable bonds is 4. The van der Waals surface area contributed by atoms with E-state index in [0.29, 0.717) is 16.3 Å². The van der Waals surface area contributed by atoms with Crippen LogP contribution in [0.4, 0.5) is 8.78 Å². The van der Waals surface area contributed by atoms with Crippen LogP contribution in [-0.2, 0) is 11.2 Å². The second kappa shape index (κ2) is 6.00. The lowest BCUT2D eigenvalue weighted by molar-refractivity contribution is -0.191. The highest BCUT2D eigenvalue weighted by Crippen LogP contribution is 2.41. The molecule has 1 aliphatic carbocycles. The molecule has 0 spiro atoms. The van der Waals surface area contributed by atoms with E-state index in [4.69, 9.17) is 23.2 Å². The maximum absolute atomic E-state index is 13.3. The van der Waals surface area contributed by atoms with Crippen molar-refractivity contribution in [2.24, 2.45) is 11.0 Å². The number of hydrogen-bond acceptors (Lipinski definition) is 3. The first-order valence-corrected chi connectivity index (χ1v) is 7.92. The summed E-state index contributed by atoms with van der Waals surface area (Å²) in [7, 11) is 0. The molecule has 1 saturated carbocycles. The summed E-state index contributed by atoms with van der Waals surface area (Å²) in [4.78, 5) is 12.4. The number of hydrogen-bond donors (Lipinski definition) is 1. The first-order valence-electron chi connectivity index (χ1n) is 7.17. The first-order chi connectivity index (χ1) is 10.8. The fourth-order valence-electron chi connectivity index (χ4n) is 2.60. The van der Waals surface area contributed by atoms with Crippen molar-refractivity contribution >= 4 is 34.8 Å². The number of carbonyl (C=O) groups excluding carboxylic acids is 1. The van der Waals surface area contributed by atoms with Gasteiger partial charge < -0.3 is 5.11 Å². The Labute approximate surface area is 141 Å². The van der Waals surface area contributed by atoms with Crippen LogP contribution >= 0.6 is 23.2 Å². The Hall–Kier alpha value is -1.24. The minimum absolute atomic E-state index is 0.0852. The highest BCUT2D eigenvalue weighted by molar-refractivity contribution is 6.36. The van der Waals surface area contributed by atoms with Gasteiger partial charge in [0.15, 0.2) is 0 Å². The van der Waals surface area contributed by atoms with Gasteiger partial charge in [0.05, 0.1) is 6.42 Å². The zero-order valence-corrected chi connectivity index (χ0v) is 13.5. The van der Waals surface area contributed by atoms with E-state index in [1.807, 2.05) is 0 Å². The van der Waals surface area contributed by atoms with Crippen LogP contribution in [-0.4, -0.2) is 33.9 Å². The predicted molar refractivity (Wildman–Crippen MR) is 82.7 cm³/mol. The maximum Gasteiger partial charge on any atom is 0.287 e. The molecule has 1 atom stereocenters. The summed E-state index contributed by atoms with van der Waals surface area (Å²) in [6, 6.07) is 4.73. The zero-order chi connectivity index (χ0) is 16.8. The van der Waals surface area contributed by atoms with E-state index in [9.17, 15) is 18.7 Å². The number of amides is 1. The Bertz CT molecular complexity index is 659. The Morgan fingerprint density at radius 3 is 2.52 bits per heavy atom. The van der Waals surface area contributed by atoms with E-state index >= 15 is 0 Å². The number of carbonyl (C=O) groups is 1. The van der Waals surface area contributed by atoms with Crippen molar-refractivity contribution in [3.05, 3.63) is 33.8 Å². The second-order valence-corrected chi connectivity index (χ2v) is 6.62. The summed E-state index contributed by atoms with van der Waals surface area (Å²) in [6.45, 7) is 0. The topological polar surface area (TPSA) is 52.9 Å². The first kappa shape index (κ1) is 16.6. The Balaban J connectivity index is 1.87. The maximum atomic E-state index is 13.3. The van der Waals surface area contributed by atoms with Gasteiger partial charge in [0.2, 0.25) is 11.6 Å². The van der Waals surface area contributed by atoms with Crippen LogP contribution in [0.5, 0.6) is 0 Å². The smallest absolute Gasteiger partial charge is 0.287 e. The molecular weight excluding hydrogens is 349 g/mol. The number of alkyl halides is 2. The van der Waals surface area contributed by atoms with E-state index < -0.39 is 18.1 Å². The molecular formula is C15H14Cl2F2N2O2. The van der Waals surface area contributed by atoms with Crippen LogP contribution < -0.4 is 0 Å². The Kier molecular flexibility index (Phi) is 4.33. The summed E-state index contributed by atoms with van der Waals surface area (Å²) in [5.41, 5.74) is -1.82. The number of nitrogens with zero attached hydrogens (tertiary/aromatic N) is 2. The minimum Gasteiger partial charge on any atom is -0.364 e. The van der Waals surface area contributed by atoms with E-state index in [-0.39, 0.29) is 28.8 Å². The SMILES string of the molecule is O=C(Cc1c(Cl)cccc1Cl)N1N=C(C2CC2)C[C@@]1(O)C(F)F. The van der Waals surface area contributed by atoms with Crippen molar-refractivity contribution in [2.45, 2.75) is 37.8 Å². The molecule has 0 saturated heterocycles. The van der Waals surface area contributed by atoms with Crippen molar-refractivity contribution in [3.8, 4) is 0 Å². The molecule has 1 aromatic carbocycles. The molecule has 1 heterocycles. The highest BCUT2D eigenvalue weighted by Gasteiger charge is 2.53. The third kappa shape index (κ3) is 3.07. The molecule has 124 valence electrons. The van der Waals surface area contributed by atoms with Crippen LogP contribution in [0, 0.1) is 5.92 Å². The second-order valence-electron chi connectivity index (χ2n) is 5.80. The molecule has 3 rings (SSSR count). The van der Waals surface area contributed by atoms with Crippen LogP contribution in [0.2, 0.25) is 10.0 Å². The fraction of sp³-hybridized carbons (Fsp3) is 0.467. The lowest BCUT2D eigenvalue weighted by Gasteiger charge is -2.30. The number of halogens is 4. The average Bonchev–Trinajstić information content (AvgIpc) is 3.26. The molecule has 2 aliphatic rings. The van der Waals surface area contributed by atoms with Crippen molar-refractivity contribution in [3.63, 3.8) is 0 Å². The summed E-state index contributed by atoms with van der Waals surface area (Å²) >= 11 is 12.0. The monoisotopic (exact) mass is 362 g/mol. The number of hydrazone groups is 1. The van der Waals surface area contributed by atoms with Crippen LogP contribution in [0.1, 0.15) is 24.8 Å². The van der Waals surface area contributed by atoms with Gasteiger partial charge in [0, 0.05) is 22.2 Å². The van der Waals surface area contributed by atoms with Crippen molar-refractivity contribution < 1.29 is 18.7 Å². The van der Waals surface area contributed by atoms with Crippen LogP contribution in [0.15, 0.2) is 23.3 Å². The van der Waals surface area contributed by atoms with E-state index in [1.54, 1.807) is 18.2 Å². The van der Waals surface area contributed by atoms with Crippen LogP contribution in [0.3, 0.4) is 0 Å². The van der Waals surface area contributed by atoms with Crippen molar-refractivity contribution in [1.82, 2.24) is 5.01 Å². The summed E-state index contributed by atoms with van der Waals surface area (Å²) in [5.74, 6) is -0.680. The molecule has 1 fully saturated rings. The summed E-state index contributed by atoms with van der Waals surface area (Å²) in [6.07, 6.45) is -2.06. The molecule has 0 unspecified atom stereocenters. The van der Waals surface area contributed by atoms with E-state index in [2.05, 4.69) is 5.10 Å². The molecule has 1 aromatic rings. The summed E-state index contributed by atoms with van der Waals surface area (Å²) in [5, 5.41) is 15.2. The quantitative estimate of drug-likeness (QED) is 0.891. The largest absolute Gasteiger partial charge is 0.364 e. The van der Waals surface area contributed by atoms with E-state index in [1.165, 1.54) is 0 Å². The zero-order valence-electron chi connectivity index (χ0n) is 12.0. The van der Waals surface area contributed by atoms with E-state index in [0.717, 1.165) is 12.8 Å². The molecule has 1 aliphatic heterocycles. The van der Waals surface area contributed by atoms with Crippen molar-refractivity contribution in [1.29, 1.82) is 0 Å². The molecule has 0 bridgehead atoms. The lowest BCUT2D eigenvalue weighted by atomic mass is 10.0. The predicted octanol–water partition coefficient (Wildman–Crippen LogP) is 3.49. The molecule has 0 aromatic heterocycles. The molecule has 0 radical (unpaired) electrons. The standard InChI is InChI=1S/C15H14Cl2F2N2O2/c16-10-2-1-3-11(17)9(10)6-13(22)21-15(23,14(18)19)7-12(20-21)8-4-5-8/h1-3,8,14,23H,4-7H2/t15-/m1/s1. The van der Waals surface area contributed by atoms with Crippen LogP contribution in [0.25, 0.3) is 0 Å². The van der Waals surface area contributed by atoms with Gasteiger partial charge in [0.1, 0.15) is 0 Å². The molecule has 1 amide bonds. The van der Waals surface area contributed by atoms with Gasteiger partial charge in [-0.2, -0.15) is 10.1 Å². The third-order valence-corrected chi connectivity index (χ3v) is 4.77. The number of benzene rings is 1.